The first-order valence-corrected chi connectivity index (χ1v) is 7.21. The monoisotopic (exact) mass is 352 g/mol. The van der Waals surface area contributed by atoms with E-state index >= 15 is 0 Å². The Hall–Kier alpha value is -0.200. The fourth-order valence-electron chi connectivity index (χ4n) is 1.43. The number of alkyl halides is 1. The van der Waals surface area contributed by atoms with Gasteiger partial charge in [0, 0.05) is 9.99 Å². The van der Waals surface area contributed by atoms with Crippen LogP contribution in [0.15, 0.2) is 24.3 Å². The third-order valence-corrected chi connectivity index (χ3v) is 3.05. The van der Waals surface area contributed by atoms with E-state index in [2.05, 4.69) is 22.6 Å². The zero-order valence-corrected chi connectivity index (χ0v) is 12.3. The molecule has 0 radical (unpaired) electrons. The summed E-state index contributed by atoms with van der Waals surface area (Å²) in [7, 11) is 0. The van der Waals surface area contributed by atoms with Gasteiger partial charge in [0.15, 0.2) is 0 Å². The number of halogens is 2. The summed E-state index contributed by atoms with van der Waals surface area (Å²) in [6, 6.07) is 6.74. The summed E-state index contributed by atoms with van der Waals surface area (Å²) in [5.41, 5.74) is 0.617. The number of rotatable bonds is 7. The Bertz CT molecular complexity index is 331. The molecule has 0 aliphatic rings. The van der Waals surface area contributed by atoms with Gasteiger partial charge in [-0.15, -0.1) is 0 Å². The van der Waals surface area contributed by atoms with Gasteiger partial charge in [0.05, 0.1) is 25.4 Å². The standard InChI is InChI=1S/C13H18FIO2/c1-10(2)16-7-8-17-13(9-15)11-5-3-4-6-12(11)14/h3-6,10,13H,7-9H2,1-2H3. The van der Waals surface area contributed by atoms with Crippen molar-refractivity contribution < 1.29 is 13.9 Å². The van der Waals surface area contributed by atoms with Gasteiger partial charge in [-0.2, -0.15) is 0 Å². The molecule has 1 rings (SSSR count). The molecule has 1 aromatic rings. The van der Waals surface area contributed by atoms with E-state index in [1.165, 1.54) is 6.07 Å². The van der Waals surface area contributed by atoms with Crippen molar-refractivity contribution >= 4 is 22.6 Å². The van der Waals surface area contributed by atoms with Gasteiger partial charge in [-0.1, -0.05) is 40.8 Å². The van der Waals surface area contributed by atoms with Crippen molar-refractivity contribution in [2.24, 2.45) is 0 Å². The molecule has 1 unspecified atom stereocenters. The van der Waals surface area contributed by atoms with Crippen LogP contribution in [0.5, 0.6) is 0 Å². The summed E-state index contributed by atoms with van der Waals surface area (Å²) >= 11 is 2.20. The van der Waals surface area contributed by atoms with E-state index in [0.29, 0.717) is 18.8 Å². The van der Waals surface area contributed by atoms with Gasteiger partial charge in [0.1, 0.15) is 5.82 Å². The highest BCUT2D eigenvalue weighted by molar-refractivity contribution is 14.1. The predicted octanol–water partition coefficient (Wildman–Crippen LogP) is 3.74. The molecule has 0 aliphatic carbocycles. The number of benzene rings is 1. The summed E-state index contributed by atoms with van der Waals surface area (Å²) in [4.78, 5) is 0. The highest BCUT2D eigenvalue weighted by atomic mass is 127. The summed E-state index contributed by atoms with van der Waals surface area (Å²) in [6.45, 7) is 4.98. The van der Waals surface area contributed by atoms with E-state index in [0.717, 1.165) is 4.43 Å². The second kappa shape index (κ2) is 8.00. The van der Waals surface area contributed by atoms with Gasteiger partial charge >= 0.3 is 0 Å². The van der Waals surface area contributed by atoms with Crippen molar-refractivity contribution in [3.8, 4) is 0 Å². The van der Waals surface area contributed by atoms with Gasteiger partial charge in [-0.25, -0.2) is 4.39 Å². The van der Waals surface area contributed by atoms with Crippen molar-refractivity contribution in [2.45, 2.75) is 26.1 Å². The molecule has 0 aromatic heterocycles. The van der Waals surface area contributed by atoms with Gasteiger partial charge in [-0.05, 0) is 19.9 Å². The molecule has 0 heterocycles. The fraction of sp³-hybridized carbons (Fsp3) is 0.538. The van der Waals surface area contributed by atoms with Crippen molar-refractivity contribution in [1.82, 2.24) is 0 Å². The van der Waals surface area contributed by atoms with E-state index in [1.807, 2.05) is 19.9 Å². The smallest absolute Gasteiger partial charge is 0.129 e. The van der Waals surface area contributed by atoms with E-state index < -0.39 is 0 Å². The highest BCUT2D eigenvalue weighted by Crippen LogP contribution is 2.22. The number of hydrogen-bond donors (Lipinski definition) is 0. The Labute approximate surface area is 116 Å². The van der Waals surface area contributed by atoms with Crippen LogP contribution in [0.3, 0.4) is 0 Å². The molecule has 96 valence electrons. The molecule has 17 heavy (non-hydrogen) atoms. The Morgan fingerprint density at radius 1 is 1.18 bits per heavy atom. The maximum atomic E-state index is 13.5. The van der Waals surface area contributed by atoms with E-state index in [4.69, 9.17) is 9.47 Å². The van der Waals surface area contributed by atoms with Crippen LogP contribution >= 0.6 is 22.6 Å². The Morgan fingerprint density at radius 2 is 1.82 bits per heavy atom. The molecule has 0 saturated carbocycles. The van der Waals surface area contributed by atoms with Gasteiger partial charge in [-0.3, -0.25) is 0 Å². The SMILES string of the molecule is CC(C)OCCOC(CI)c1ccccc1F. The lowest BCUT2D eigenvalue weighted by Crippen LogP contribution is -2.14. The van der Waals surface area contributed by atoms with E-state index in [9.17, 15) is 4.39 Å². The minimum Gasteiger partial charge on any atom is -0.376 e. The van der Waals surface area contributed by atoms with Crippen molar-refractivity contribution in [3.63, 3.8) is 0 Å². The summed E-state index contributed by atoms with van der Waals surface area (Å²) in [6.07, 6.45) is -0.00215. The summed E-state index contributed by atoms with van der Waals surface area (Å²) in [5.74, 6) is -0.209. The Morgan fingerprint density at radius 3 is 2.41 bits per heavy atom. The van der Waals surface area contributed by atoms with Crippen LogP contribution < -0.4 is 0 Å². The molecule has 4 heteroatoms. The average Bonchev–Trinajstić information content (AvgIpc) is 2.30. The largest absolute Gasteiger partial charge is 0.376 e. The molecule has 1 atom stereocenters. The first kappa shape index (κ1) is 14.9. The van der Waals surface area contributed by atoms with Crippen molar-refractivity contribution in [3.05, 3.63) is 35.6 Å². The molecule has 0 aliphatic heterocycles. The minimum absolute atomic E-state index is 0.199. The molecule has 0 bridgehead atoms. The van der Waals surface area contributed by atoms with Crippen LogP contribution in [-0.2, 0) is 9.47 Å². The van der Waals surface area contributed by atoms with Crippen LogP contribution in [0.25, 0.3) is 0 Å². The third kappa shape index (κ3) is 5.31. The number of hydrogen-bond acceptors (Lipinski definition) is 2. The third-order valence-electron chi connectivity index (χ3n) is 2.25. The van der Waals surface area contributed by atoms with Crippen LogP contribution in [-0.4, -0.2) is 23.7 Å². The average molecular weight is 352 g/mol. The fourth-order valence-corrected chi connectivity index (χ4v) is 2.16. The van der Waals surface area contributed by atoms with Crippen LogP contribution in [0.1, 0.15) is 25.5 Å². The van der Waals surface area contributed by atoms with E-state index in [1.54, 1.807) is 12.1 Å². The topological polar surface area (TPSA) is 18.5 Å². The molecule has 0 N–H and O–H groups in total. The van der Waals surface area contributed by atoms with Crippen LogP contribution in [0.4, 0.5) is 4.39 Å². The molecule has 0 amide bonds. The first-order chi connectivity index (χ1) is 8.15. The maximum absolute atomic E-state index is 13.5. The second-order valence-electron chi connectivity index (χ2n) is 3.95. The maximum Gasteiger partial charge on any atom is 0.129 e. The summed E-state index contributed by atoms with van der Waals surface area (Å²) < 4.78 is 25.3. The van der Waals surface area contributed by atoms with Crippen molar-refractivity contribution in [2.75, 3.05) is 17.6 Å². The van der Waals surface area contributed by atoms with Gasteiger partial charge in [0.2, 0.25) is 0 Å². The second-order valence-corrected chi connectivity index (χ2v) is 4.84. The normalized spacial score (nSPS) is 13.0. The minimum atomic E-state index is -0.209. The molecule has 0 saturated heterocycles. The Kier molecular flexibility index (Phi) is 6.99. The Balaban J connectivity index is 2.46. The molecule has 1 aromatic carbocycles. The number of ether oxygens (including phenoxy) is 2. The van der Waals surface area contributed by atoms with Crippen molar-refractivity contribution in [1.29, 1.82) is 0 Å². The zero-order chi connectivity index (χ0) is 12.7. The molecule has 0 fully saturated rings. The lowest BCUT2D eigenvalue weighted by molar-refractivity contribution is -0.00596. The van der Waals surface area contributed by atoms with Crippen LogP contribution in [0, 0.1) is 5.82 Å². The summed E-state index contributed by atoms with van der Waals surface area (Å²) in [5, 5.41) is 0. The van der Waals surface area contributed by atoms with E-state index in [-0.39, 0.29) is 18.0 Å². The van der Waals surface area contributed by atoms with Crippen LogP contribution in [0.2, 0.25) is 0 Å². The molecular weight excluding hydrogens is 334 g/mol. The lowest BCUT2D eigenvalue weighted by Gasteiger charge is -2.17. The molecule has 0 spiro atoms. The highest BCUT2D eigenvalue weighted by Gasteiger charge is 2.14. The predicted molar refractivity (Wildman–Crippen MR) is 75.1 cm³/mol. The van der Waals surface area contributed by atoms with Gasteiger partial charge in [0.25, 0.3) is 0 Å². The first-order valence-electron chi connectivity index (χ1n) is 5.68. The quantitative estimate of drug-likeness (QED) is 0.423. The van der Waals surface area contributed by atoms with Gasteiger partial charge < -0.3 is 9.47 Å². The zero-order valence-electron chi connectivity index (χ0n) is 10.2. The molecule has 2 nitrogen and oxygen atoms in total. The molecular formula is C13H18FIO2. The lowest BCUT2D eigenvalue weighted by atomic mass is 10.1.